The molecule has 0 radical (unpaired) electrons. The quantitative estimate of drug-likeness (QED) is 0.672. The minimum atomic E-state index is -0.479. The maximum absolute atomic E-state index is 12.8. The van der Waals surface area contributed by atoms with Gasteiger partial charge in [0, 0.05) is 24.7 Å². The largest absolute Gasteiger partial charge is 0.496 e. The Morgan fingerprint density at radius 3 is 2.16 bits per heavy atom. The Bertz CT molecular complexity index is 791. The summed E-state index contributed by atoms with van der Waals surface area (Å²) in [7, 11) is -0.407. The predicted molar refractivity (Wildman–Crippen MR) is 122 cm³/mol. The molecule has 2 bridgehead atoms. The van der Waals surface area contributed by atoms with Crippen molar-refractivity contribution in [3.05, 3.63) is 18.3 Å². The van der Waals surface area contributed by atoms with Crippen molar-refractivity contribution in [2.24, 2.45) is 0 Å². The maximum atomic E-state index is 12.8. The fourth-order valence-electron chi connectivity index (χ4n) is 4.61. The fourth-order valence-corrected chi connectivity index (χ4v) is 4.61. The first-order valence-corrected chi connectivity index (χ1v) is 11.4. The molecule has 0 N–H and O–H groups in total. The summed E-state index contributed by atoms with van der Waals surface area (Å²) >= 11 is 0. The lowest BCUT2D eigenvalue weighted by atomic mass is 9.80. The number of piperidine rings is 1. The number of pyridine rings is 1. The highest BCUT2D eigenvalue weighted by Crippen LogP contribution is 2.37. The second-order valence-electron chi connectivity index (χ2n) is 11.1. The molecule has 1 amide bonds. The number of ether oxygens (including phenoxy) is 1. The van der Waals surface area contributed by atoms with Crippen LogP contribution in [0.5, 0.6) is 0 Å². The molecular weight excluding hydrogens is 393 g/mol. The number of hydrogen-bond donors (Lipinski definition) is 0. The molecule has 0 saturated carbocycles. The normalized spacial score (nSPS) is 27.4. The van der Waals surface area contributed by atoms with Crippen LogP contribution >= 0.6 is 0 Å². The average Bonchev–Trinajstić information content (AvgIpc) is 2.87. The zero-order chi connectivity index (χ0) is 22.6. The summed E-state index contributed by atoms with van der Waals surface area (Å²) in [5.74, 6) is 0.931. The van der Waals surface area contributed by atoms with E-state index in [2.05, 4.69) is 32.6 Å². The van der Waals surface area contributed by atoms with E-state index in [1.165, 1.54) is 0 Å². The molecule has 4 rings (SSSR count). The number of aromatic nitrogens is 1. The number of rotatable bonds is 2. The highest BCUT2D eigenvalue weighted by molar-refractivity contribution is 6.62. The number of hydrogen-bond acceptors (Lipinski definition) is 6. The average molecular weight is 429 g/mol. The Morgan fingerprint density at radius 2 is 1.68 bits per heavy atom. The van der Waals surface area contributed by atoms with Crippen LogP contribution in [0.4, 0.5) is 10.6 Å². The van der Waals surface area contributed by atoms with Crippen LogP contribution in [-0.2, 0) is 14.0 Å². The van der Waals surface area contributed by atoms with Gasteiger partial charge in [-0.25, -0.2) is 9.78 Å². The molecule has 1 aromatic rings. The molecular formula is C23H36BN3O4. The molecule has 3 aliphatic heterocycles. The molecule has 7 nitrogen and oxygen atoms in total. The van der Waals surface area contributed by atoms with E-state index >= 15 is 0 Å². The lowest BCUT2D eigenvalue weighted by Crippen LogP contribution is -2.63. The van der Waals surface area contributed by atoms with E-state index in [-0.39, 0.29) is 29.4 Å². The van der Waals surface area contributed by atoms with Crippen molar-refractivity contribution in [3.8, 4) is 0 Å². The lowest BCUT2D eigenvalue weighted by Gasteiger charge is -2.50. The van der Waals surface area contributed by atoms with Crippen LogP contribution in [-0.4, -0.2) is 65.1 Å². The fraction of sp³-hybridized carbons (Fsp3) is 0.739. The predicted octanol–water partition coefficient (Wildman–Crippen LogP) is 3.36. The third-order valence-electron chi connectivity index (χ3n) is 6.95. The van der Waals surface area contributed by atoms with E-state index in [9.17, 15) is 4.79 Å². The van der Waals surface area contributed by atoms with Gasteiger partial charge in [0.1, 0.15) is 11.4 Å². The number of carbonyl (C=O) groups is 1. The Morgan fingerprint density at radius 1 is 1.10 bits per heavy atom. The van der Waals surface area contributed by atoms with Gasteiger partial charge in [-0.05, 0) is 73.8 Å². The number of anilines is 1. The van der Waals surface area contributed by atoms with Crippen LogP contribution in [0.1, 0.15) is 67.7 Å². The molecule has 2 unspecified atom stereocenters. The monoisotopic (exact) mass is 429 g/mol. The highest BCUT2D eigenvalue weighted by atomic mass is 16.7. The molecule has 2 atom stereocenters. The van der Waals surface area contributed by atoms with E-state index in [0.29, 0.717) is 0 Å². The summed E-state index contributed by atoms with van der Waals surface area (Å²) in [5.41, 5.74) is -0.291. The molecule has 4 heterocycles. The molecule has 0 aromatic carbocycles. The summed E-state index contributed by atoms with van der Waals surface area (Å²) < 4.78 is 18.0. The van der Waals surface area contributed by atoms with Gasteiger partial charge in [0.15, 0.2) is 0 Å². The van der Waals surface area contributed by atoms with Gasteiger partial charge in [-0.15, -0.1) is 0 Å². The highest BCUT2D eigenvalue weighted by Gasteiger charge is 2.52. The maximum Gasteiger partial charge on any atom is 0.496 e. The van der Waals surface area contributed by atoms with Gasteiger partial charge in [-0.1, -0.05) is 6.07 Å². The zero-order valence-electron chi connectivity index (χ0n) is 20.0. The molecule has 0 aliphatic carbocycles. The number of carbonyl (C=O) groups excluding carboxylic acids is 1. The third-order valence-corrected chi connectivity index (χ3v) is 6.95. The van der Waals surface area contributed by atoms with E-state index in [0.717, 1.165) is 43.6 Å². The summed E-state index contributed by atoms with van der Waals surface area (Å²) in [6, 6.07) is 4.40. The van der Waals surface area contributed by atoms with Crippen molar-refractivity contribution in [2.45, 2.75) is 96.6 Å². The summed E-state index contributed by atoms with van der Waals surface area (Å²) in [5, 5.41) is 0. The van der Waals surface area contributed by atoms with Gasteiger partial charge >= 0.3 is 13.2 Å². The second-order valence-corrected chi connectivity index (χ2v) is 11.1. The van der Waals surface area contributed by atoms with E-state index < -0.39 is 12.7 Å². The van der Waals surface area contributed by atoms with Crippen LogP contribution in [0.15, 0.2) is 18.3 Å². The van der Waals surface area contributed by atoms with Gasteiger partial charge in [0.25, 0.3) is 0 Å². The van der Waals surface area contributed by atoms with Crippen molar-refractivity contribution < 1.29 is 18.8 Å². The Labute approximate surface area is 186 Å². The number of piperazine rings is 1. The standard InChI is InChI=1S/C23H36BN3O4/c1-21(2,3)29-20(28)27-17-9-8-10-18(27)15-26(14-17)19-12-11-16(13-25-19)24-30-22(4,5)23(6,7)31-24/h11-13,17-18H,8-10,14-15H2,1-7H3. The number of amides is 1. The van der Waals surface area contributed by atoms with E-state index in [4.69, 9.17) is 19.0 Å². The molecule has 31 heavy (non-hydrogen) atoms. The number of fused-ring (bicyclic) bond motifs is 2. The molecule has 3 aliphatic rings. The van der Waals surface area contributed by atoms with Crippen LogP contribution in [0, 0.1) is 0 Å². The van der Waals surface area contributed by atoms with Crippen molar-refractivity contribution in [3.63, 3.8) is 0 Å². The number of nitrogens with zero attached hydrogens (tertiary/aromatic N) is 3. The Kier molecular flexibility index (Phi) is 5.53. The minimum absolute atomic E-state index is 0.159. The second kappa shape index (κ2) is 7.66. The summed E-state index contributed by atoms with van der Waals surface area (Å²) in [6.07, 6.45) is 4.81. The Hall–Kier alpha value is -1.80. The third kappa shape index (κ3) is 4.42. The van der Waals surface area contributed by atoms with Crippen LogP contribution in [0.25, 0.3) is 0 Å². The summed E-state index contributed by atoms with van der Waals surface area (Å²) in [4.78, 5) is 21.8. The first-order valence-electron chi connectivity index (χ1n) is 11.4. The van der Waals surface area contributed by atoms with E-state index in [1.54, 1.807) is 0 Å². The zero-order valence-corrected chi connectivity index (χ0v) is 20.0. The van der Waals surface area contributed by atoms with Crippen LogP contribution in [0.2, 0.25) is 0 Å². The topological polar surface area (TPSA) is 64.1 Å². The van der Waals surface area contributed by atoms with Gasteiger partial charge in [-0.3, -0.25) is 4.90 Å². The Balaban J connectivity index is 1.45. The van der Waals surface area contributed by atoms with Gasteiger partial charge in [0.2, 0.25) is 0 Å². The van der Waals surface area contributed by atoms with Gasteiger partial charge in [0.05, 0.1) is 23.3 Å². The van der Waals surface area contributed by atoms with E-state index in [1.807, 2.05) is 44.0 Å². The van der Waals surface area contributed by atoms with Crippen LogP contribution < -0.4 is 10.4 Å². The SMILES string of the molecule is CC(C)(C)OC(=O)N1C2CCCC1CN(c1ccc(B3OC(C)(C)C(C)(C)O3)cn1)C2. The smallest absolute Gasteiger partial charge is 0.444 e. The molecule has 3 fully saturated rings. The van der Waals surface area contributed by atoms with Gasteiger partial charge < -0.3 is 18.9 Å². The first kappa shape index (κ1) is 22.4. The molecule has 0 spiro atoms. The molecule has 170 valence electrons. The van der Waals surface area contributed by atoms with Crippen molar-refractivity contribution in [2.75, 3.05) is 18.0 Å². The summed E-state index contributed by atoms with van der Waals surface area (Å²) in [6.45, 7) is 15.5. The lowest BCUT2D eigenvalue weighted by molar-refractivity contribution is -0.00977. The van der Waals surface area contributed by atoms with Crippen molar-refractivity contribution in [1.82, 2.24) is 9.88 Å². The molecule has 8 heteroatoms. The van der Waals surface area contributed by atoms with Crippen molar-refractivity contribution in [1.29, 1.82) is 0 Å². The van der Waals surface area contributed by atoms with Crippen molar-refractivity contribution >= 4 is 24.5 Å². The molecule has 1 aromatic heterocycles. The first-order chi connectivity index (χ1) is 14.4. The molecule has 3 saturated heterocycles. The van der Waals surface area contributed by atoms with Gasteiger partial charge in [-0.2, -0.15) is 0 Å². The van der Waals surface area contributed by atoms with Crippen LogP contribution in [0.3, 0.4) is 0 Å². The minimum Gasteiger partial charge on any atom is -0.444 e.